The molecular formula is C14H17BrFN3O2. The Morgan fingerprint density at radius 3 is 2.81 bits per heavy atom. The van der Waals surface area contributed by atoms with Gasteiger partial charge in [-0.05, 0) is 22.0 Å². The van der Waals surface area contributed by atoms with E-state index in [0.29, 0.717) is 30.2 Å². The van der Waals surface area contributed by atoms with E-state index in [0.717, 1.165) is 4.47 Å². The number of aromatic nitrogens is 2. The second-order valence-electron chi connectivity index (χ2n) is 4.46. The van der Waals surface area contributed by atoms with Crippen LogP contribution in [0.15, 0.2) is 28.9 Å². The van der Waals surface area contributed by atoms with E-state index in [9.17, 15) is 4.39 Å². The standard InChI is InChI=1S/C14H17BrFN3O2/c1-20-6-5-19-14(11(15)8-18-19)13(17)10-4-3-9(21-2)7-12(10)16/h3-4,7-8,13H,5-6,17H2,1-2H3. The van der Waals surface area contributed by atoms with E-state index in [2.05, 4.69) is 21.0 Å². The van der Waals surface area contributed by atoms with E-state index < -0.39 is 11.9 Å². The summed E-state index contributed by atoms with van der Waals surface area (Å²) in [5.74, 6) is 0.0450. The maximum Gasteiger partial charge on any atom is 0.132 e. The molecule has 1 aromatic heterocycles. The Labute approximate surface area is 131 Å². The lowest BCUT2D eigenvalue weighted by atomic mass is 10.0. The zero-order chi connectivity index (χ0) is 15.4. The van der Waals surface area contributed by atoms with Crippen LogP contribution in [0.5, 0.6) is 5.75 Å². The van der Waals surface area contributed by atoms with Gasteiger partial charge in [-0.25, -0.2) is 4.39 Å². The van der Waals surface area contributed by atoms with Crippen LogP contribution in [0.4, 0.5) is 4.39 Å². The van der Waals surface area contributed by atoms with Gasteiger partial charge in [0, 0.05) is 18.7 Å². The molecule has 21 heavy (non-hydrogen) atoms. The molecule has 0 amide bonds. The van der Waals surface area contributed by atoms with Gasteiger partial charge in [-0.2, -0.15) is 5.10 Å². The summed E-state index contributed by atoms with van der Waals surface area (Å²) in [7, 11) is 3.10. The molecule has 0 aliphatic carbocycles. The molecule has 1 atom stereocenters. The highest BCUT2D eigenvalue weighted by Gasteiger charge is 2.21. The van der Waals surface area contributed by atoms with Gasteiger partial charge in [-0.15, -0.1) is 0 Å². The lowest BCUT2D eigenvalue weighted by molar-refractivity contribution is 0.182. The highest BCUT2D eigenvalue weighted by Crippen LogP contribution is 2.29. The third-order valence-corrected chi connectivity index (χ3v) is 3.79. The fraction of sp³-hybridized carbons (Fsp3) is 0.357. The summed E-state index contributed by atoms with van der Waals surface area (Å²) < 4.78 is 26.7. The van der Waals surface area contributed by atoms with Gasteiger partial charge in [0.1, 0.15) is 11.6 Å². The van der Waals surface area contributed by atoms with Crippen molar-refractivity contribution in [1.82, 2.24) is 9.78 Å². The molecule has 0 spiro atoms. The van der Waals surface area contributed by atoms with E-state index >= 15 is 0 Å². The second kappa shape index (κ2) is 7.02. The SMILES string of the molecule is COCCn1ncc(Br)c1C(N)c1ccc(OC)cc1F. The van der Waals surface area contributed by atoms with Crippen LogP contribution in [-0.4, -0.2) is 30.6 Å². The molecule has 0 aliphatic heterocycles. The summed E-state index contributed by atoms with van der Waals surface area (Å²) in [4.78, 5) is 0. The number of methoxy groups -OCH3 is 2. The maximum atomic E-state index is 14.2. The van der Waals surface area contributed by atoms with E-state index in [1.54, 1.807) is 30.1 Å². The van der Waals surface area contributed by atoms with Gasteiger partial charge >= 0.3 is 0 Å². The Morgan fingerprint density at radius 2 is 2.19 bits per heavy atom. The van der Waals surface area contributed by atoms with E-state index in [1.165, 1.54) is 13.2 Å². The summed E-state index contributed by atoms with van der Waals surface area (Å²) >= 11 is 3.41. The smallest absolute Gasteiger partial charge is 0.132 e. The van der Waals surface area contributed by atoms with Crippen molar-refractivity contribution >= 4 is 15.9 Å². The molecule has 1 heterocycles. The molecule has 2 aromatic rings. The molecule has 0 bridgehead atoms. The molecule has 2 N–H and O–H groups in total. The molecule has 0 radical (unpaired) electrons. The van der Waals surface area contributed by atoms with E-state index in [-0.39, 0.29) is 0 Å². The molecule has 7 heteroatoms. The quantitative estimate of drug-likeness (QED) is 0.862. The monoisotopic (exact) mass is 357 g/mol. The Balaban J connectivity index is 2.35. The van der Waals surface area contributed by atoms with Crippen molar-refractivity contribution in [3.8, 4) is 5.75 Å². The van der Waals surface area contributed by atoms with Gasteiger partial charge in [-0.1, -0.05) is 6.07 Å². The van der Waals surface area contributed by atoms with Crippen molar-refractivity contribution in [1.29, 1.82) is 0 Å². The average molecular weight is 358 g/mol. The van der Waals surface area contributed by atoms with Crippen LogP contribution >= 0.6 is 15.9 Å². The van der Waals surface area contributed by atoms with E-state index in [4.69, 9.17) is 15.2 Å². The number of halogens is 2. The third kappa shape index (κ3) is 3.42. The Hall–Kier alpha value is -1.44. The molecule has 1 aromatic carbocycles. The van der Waals surface area contributed by atoms with Crippen molar-refractivity contribution < 1.29 is 13.9 Å². The summed E-state index contributed by atoms with van der Waals surface area (Å²) in [6, 6.07) is 3.99. The van der Waals surface area contributed by atoms with Gasteiger partial charge < -0.3 is 15.2 Å². The highest BCUT2D eigenvalue weighted by molar-refractivity contribution is 9.10. The van der Waals surface area contributed by atoms with Gasteiger partial charge in [0.15, 0.2) is 0 Å². The maximum absolute atomic E-state index is 14.2. The highest BCUT2D eigenvalue weighted by atomic mass is 79.9. The lowest BCUT2D eigenvalue weighted by Crippen LogP contribution is -2.20. The van der Waals surface area contributed by atoms with Crippen LogP contribution in [0.2, 0.25) is 0 Å². The number of hydrogen-bond acceptors (Lipinski definition) is 4. The number of hydrogen-bond donors (Lipinski definition) is 1. The fourth-order valence-electron chi connectivity index (χ4n) is 2.07. The van der Waals surface area contributed by atoms with Crippen molar-refractivity contribution in [2.45, 2.75) is 12.6 Å². The van der Waals surface area contributed by atoms with E-state index in [1.807, 2.05) is 0 Å². The van der Waals surface area contributed by atoms with Crippen LogP contribution in [-0.2, 0) is 11.3 Å². The van der Waals surface area contributed by atoms with Gasteiger partial charge in [0.2, 0.25) is 0 Å². The predicted molar refractivity (Wildman–Crippen MR) is 80.8 cm³/mol. The fourth-order valence-corrected chi connectivity index (χ4v) is 2.61. The van der Waals surface area contributed by atoms with Gasteiger partial charge in [-0.3, -0.25) is 4.68 Å². The van der Waals surface area contributed by atoms with Gasteiger partial charge in [0.25, 0.3) is 0 Å². The number of rotatable bonds is 6. The van der Waals surface area contributed by atoms with Crippen LogP contribution in [0.3, 0.4) is 0 Å². The van der Waals surface area contributed by atoms with Crippen molar-refractivity contribution in [2.75, 3.05) is 20.8 Å². The molecule has 2 rings (SSSR count). The number of ether oxygens (including phenoxy) is 2. The first kappa shape index (κ1) is 15.9. The molecule has 0 saturated carbocycles. The van der Waals surface area contributed by atoms with Crippen LogP contribution in [0.1, 0.15) is 17.3 Å². The summed E-state index contributed by atoms with van der Waals surface area (Å²) in [6.07, 6.45) is 1.65. The zero-order valence-corrected chi connectivity index (χ0v) is 13.4. The Kier molecular flexibility index (Phi) is 5.33. The minimum atomic E-state index is -0.635. The minimum Gasteiger partial charge on any atom is -0.497 e. The van der Waals surface area contributed by atoms with Gasteiger partial charge in [0.05, 0.1) is 42.7 Å². The zero-order valence-electron chi connectivity index (χ0n) is 11.8. The normalized spacial score (nSPS) is 12.4. The van der Waals surface area contributed by atoms with Crippen molar-refractivity contribution in [3.63, 3.8) is 0 Å². The Bertz CT molecular complexity index is 618. The molecule has 1 unspecified atom stereocenters. The topological polar surface area (TPSA) is 62.3 Å². The van der Waals surface area contributed by atoms with Crippen molar-refractivity contribution in [3.05, 3.63) is 45.9 Å². The lowest BCUT2D eigenvalue weighted by Gasteiger charge is -2.16. The first-order chi connectivity index (χ1) is 10.1. The minimum absolute atomic E-state index is 0.385. The molecular weight excluding hydrogens is 341 g/mol. The summed E-state index contributed by atoms with van der Waals surface area (Å²) in [5, 5.41) is 4.23. The number of nitrogens with zero attached hydrogens (tertiary/aromatic N) is 2. The third-order valence-electron chi connectivity index (χ3n) is 3.18. The van der Waals surface area contributed by atoms with Crippen LogP contribution in [0.25, 0.3) is 0 Å². The summed E-state index contributed by atoms with van der Waals surface area (Å²) in [5.41, 5.74) is 7.30. The molecule has 0 aliphatic rings. The molecule has 5 nitrogen and oxygen atoms in total. The Morgan fingerprint density at radius 1 is 1.43 bits per heavy atom. The average Bonchev–Trinajstić information content (AvgIpc) is 2.85. The van der Waals surface area contributed by atoms with Crippen LogP contribution < -0.4 is 10.5 Å². The van der Waals surface area contributed by atoms with Crippen molar-refractivity contribution in [2.24, 2.45) is 5.73 Å². The summed E-state index contributed by atoms with van der Waals surface area (Å²) in [6.45, 7) is 1.04. The molecule has 0 fully saturated rings. The second-order valence-corrected chi connectivity index (χ2v) is 5.31. The largest absolute Gasteiger partial charge is 0.497 e. The predicted octanol–water partition coefficient (Wildman–Crippen LogP) is 2.49. The molecule has 0 saturated heterocycles. The number of nitrogens with two attached hydrogens (primary N) is 1. The first-order valence-corrected chi connectivity index (χ1v) is 7.17. The van der Waals surface area contributed by atoms with Crippen LogP contribution in [0, 0.1) is 5.82 Å². The first-order valence-electron chi connectivity index (χ1n) is 6.37. The molecule has 114 valence electrons. The number of benzene rings is 1.